The minimum Gasteiger partial charge on any atom is -0.481 e. The number of hydrogen-bond acceptors (Lipinski definition) is 6. The molecule has 1 aromatic carbocycles. The molecule has 0 aliphatic carbocycles. The van der Waals surface area contributed by atoms with E-state index >= 15 is 0 Å². The molecule has 1 atom stereocenters. The number of pyridine rings is 1. The summed E-state index contributed by atoms with van der Waals surface area (Å²) in [6.07, 6.45) is 2.96. The predicted octanol–water partition coefficient (Wildman–Crippen LogP) is 3.61. The van der Waals surface area contributed by atoms with Gasteiger partial charge in [-0.1, -0.05) is 32.0 Å². The van der Waals surface area contributed by atoms with Crippen molar-refractivity contribution in [3.8, 4) is 22.9 Å². The minimum atomic E-state index is -3.59. The number of fused-ring (bicyclic) bond motifs is 1. The van der Waals surface area contributed by atoms with Gasteiger partial charge in [0.15, 0.2) is 9.92 Å². The van der Waals surface area contributed by atoms with Crippen molar-refractivity contribution in [1.82, 2.24) is 14.8 Å². The molecule has 0 saturated carbocycles. The number of para-hydroxylation sites is 1. The second-order valence-corrected chi connectivity index (χ2v) is 10.4. The Hall–Kier alpha value is -3.44. The van der Waals surface area contributed by atoms with Gasteiger partial charge in [0.2, 0.25) is 11.8 Å². The summed E-state index contributed by atoms with van der Waals surface area (Å²) < 4.78 is 29.5. The molecule has 33 heavy (non-hydrogen) atoms. The lowest BCUT2D eigenvalue weighted by molar-refractivity contribution is 0.0972. The summed E-state index contributed by atoms with van der Waals surface area (Å²) >= 11 is 0. The highest BCUT2D eigenvalue weighted by Crippen LogP contribution is 2.34. The first-order valence-electron chi connectivity index (χ1n) is 10.2. The Kier molecular flexibility index (Phi) is 5.85. The van der Waals surface area contributed by atoms with Crippen LogP contribution >= 0.6 is 0 Å². The van der Waals surface area contributed by atoms with Crippen LogP contribution in [0.3, 0.4) is 0 Å². The van der Waals surface area contributed by atoms with Crippen LogP contribution in [0.5, 0.6) is 11.8 Å². The molecule has 1 unspecified atom stereocenters. The quantitative estimate of drug-likeness (QED) is 0.598. The van der Waals surface area contributed by atoms with Gasteiger partial charge in [0, 0.05) is 23.2 Å². The van der Waals surface area contributed by atoms with Crippen LogP contribution in [0.2, 0.25) is 0 Å². The number of urea groups is 1. The fourth-order valence-corrected chi connectivity index (χ4v) is 4.60. The van der Waals surface area contributed by atoms with E-state index in [1.807, 2.05) is 39.0 Å². The van der Waals surface area contributed by atoms with Crippen LogP contribution in [0.25, 0.3) is 11.1 Å². The molecular formula is C22H26N6O4S. The monoisotopic (exact) mass is 470 g/mol. The van der Waals surface area contributed by atoms with Gasteiger partial charge in [0.1, 0.15) is 4.90 Å². The third-order valence-electron chi connectivity index (χ3n) is 5.23. The van der Waals surface area contributed by atoms with Gasteiger partial charge in [-0.15, -0.1) is 4.36 Å². The van der Waals surface area contributed by atoms with E-state index in [0.29, 0.717) is 24.7 Å². The summed E-state index contributed by atoms with van der Waals surface area (Å²) in [7, 11) is -2.06. The summed E-state index contributed by atoms with van der Waals surface area (Å²) in [5.74, 6) is 0.717. The van der Waals surface area contributed by atoms with E-state index in [2.05, 4.69) is 19.8 Å². The number of hydrogen-bond donors (Lipinski definition) is 2. The summed E-state index contributed by atoms with van der Waals surface area (Å²) in [6.45, 7) is 6.91. The molecule has 4 rings (SSSR count). The summed E-state index contributed by atoms with van der Waals surface area (Å²) in [6, 6.07) is 8.28. The van der Waals surface area contributed by atoms with E-state index in [-0.39, 0.29) is 16.2 Å². The first-order valence-corrected chi connectivity index (χ1v) is 11.8. The lowest BCUT2D eigenvalue weighted by atomic mass is 9.94. The average molecular weight is 471 g/mol. The molecule has 10 nitrogen and oxygen atoms in total. The Bertz CT molecular complexity index is 1340. The standard InChI is InChI=1S/C22H26N6O4S/c1-14-6-5-7-16(15-8-9-24-18(10-15)31-4)19(14)26-21(29)27-33(23,30)17-11-25-28-12-22(2,3)13-32-20(17)28/h5-11H,12-13H2,1-4H3,(H3,23,26,27,29,30). The van der Waals surface area contributed by atoms with Crippen molar-refractivity contribution in [3.63, 3.8) is 0 Å². The zero-order valence-corrected chi connectivity index (χ0v) is 19.7. The molecular weight excluding hydrogens is 444 g/mol. The van der Waals surface area contributed by atoms with Crippen LogP contribution in [0.4, 0.5) is 10.5 Å². The van der Waals surface area contributed by atoms with Gasteiger partial charge in [0.05, 0.1) is 32.1 Å². The summed E-state index contributed by atoms with van der Waals surface area (Å²) in [5, 5.41) is 12.9. The molecule has 1 aliphatic rings. The zero-order chi connectivity index (χ0) is 23.8. The summed E-state index contributed by atoms with van der Waals surface area (Å²) in [4.78, 5) is 17.0. The third kappa shape index (κ3) is 4.69. The lowest BCUT2D eigenvalue weighted by Gasteiger charge is -2.30. The maximum Gasteiger partial charge on any atom is 0.354 e. The number of carbonyl (C=O) groups is 1. The van der Waals surface area contributed by atoms with E-state index in [9.17, 15) is 9.00 Å². The second kappa shape index (κ2) is 8.49. The third-order valence-corrected chi connectivity index (χ3v) is 6.58. The van der Waals surface area contributed by atoms with Crippen LogP contribution in [-0.2, 0) is 16.5 Å². The topological polar surface area (TPSA) is 134 Å². The van der Waals surface area contributed by atoms with Gasteiger partial charge in [-0.05, 0) is 24.1 Å². The Morgan fingerprint density at radius 3 is 2.91 bits per heavy atom. The van der Waals surface area contributed by atoms with Gasteiger partial charge >= 0.3 is 6.03 Å². The highest BCUT2D eigenvalue weighted by Gasteiger charge is 2.32. The molecule has 2 aromatic heterocycles. The van der Waals surface area contributed by atoms with E-state index in [4.69, 9.17) is 14.6 Å². The van der Waals surface area contributed by atoms with Crippen LogP contribution in [-0.4, -0.2) is 38.7 Å². The molecule has 3 aromatic rings. The predicted molar refractivity (Wildman–Crippen MR) is 125 cm³/mol. The number of nitrogens with zero attached hydrogens (tertiary/aromatic N) is 4. The van der Waals surface area contributed by atoms with Crippen molar-refractivity contribution in [1.29, 1.82) is 0 Å². The molecule has 0 bridgehead atoms. The average Bonchev–Trinajstić information content (AvgIpc) is 3.17. The van der Waals surface area contributed by atoms with Crippen molar-refractivity contribution < 1.29 is 18.5 Å². The number of nitrogens with one attached hydrogen (secondary N) is 1. The normalized spacial score (nSPS) is 16.2. The van der Waals surface area contributed by atoms with Crippen LogP contribution < -0.4 is 19.9 Å². The fraction of sp³-hybridized carbons (Fsp3) is 0.318. The number of nitrogens with two attached hydrogens (primary N) is 1. The van der Waals surface area contributed by atoms with Crippen LogP contribution in [0, 0.1) is 12.3 Å². The van der Waals surface area contributed by atoms with Gasteiger partial charge in [-0.25, -0.2) is 23.8 Å². The zero-order valence-electron chi connectivity index (χ0n) is 18.9. The maximum atomic E-state index is 13.2. The number of carbonyl (C=O) groups excluding carboxylic acids is 1. The largest absolute Gasteiger partial charge is 0.481 e. The molecule has 0 saturated heterocycles. The number of methoxy groups -OCH3 is 1. The molecule has 2 amide bonds. The van der Waals surface area contributed by atoms with Crippen molar-refractivity contribution in [2.75, 3.05) is 19.0 Å². The van der Waals surface area contributed by atoms with Gasteiger partial charge in [0.25, 0.3) is 0 Å². The Balaban J connectivity index is 1.66. The Labute approximate surface area is 192 Å². The Morgan fingerprint density at radius 1 is 1.36 bits per heavy atom. The number of aryl methyl sites for hydroxylation is 1. The first-order chi connectivity index (χ1) is 15.6. The highest BCUT2D eigenvalue weighted by atomic mass is 32.2. The van der Waals surface area contributed by atoms with Crippen molar-refractivity contribution in [2.45, 2.75) is 32.2 Å². The SMILES string of the molecule is COc1cc(-c2cccc(C)c2NC(=O)N=S(N)(=O)c2cnn3c2OCC(C)(C)C3)ccn1. The smallest absolute Gasteiger partial charge is 0.354 e. The van der Waals surface area contributed by atoms with Crippen LogP contribution in [0.1, 0.15) is 19.4 Å². The van der Waals surface area contributed by atoms with Crippen LogP contribution in [0.15, 0.2) is 52.0 Å². The maximum absolute atomic E-state index is 13.2. The highest BCUT2D eigenvalue weighted by molar-refractivity contribution is 7.91. The van der Waals surface area contributed by atoms with Gasteiger partial charge in [-0.2, -0.15) is 5.10 Å². The number of benzene rings is 1. The molecule has 0 fully saturated rings. The fourth-order valence-electron chi connectivity index (χ4n) is 3.60. The number of rotatable bonds is 4. The van der Waals surface area contributed by atoms with E-state index in [1.54, 1.807) is 23.0 Å². The van der Waals surface area contributed by atoms with E-state index < -0.39 is 15.9 Å². The molecule has 3 N–H and O–H groups in total. The van der Waals surface area contributed by atoms with Crippen molar-refractivity contribution in [2.24, 2.45) is 14.9 Å². The molecule has 174 valence electrons. The molecule has 1 aliphatic heterocycles. The Morgan fingerprint density at radius 2 is 2.15 bits per heavy atom. The number of amides is 2. The van der Waals surface area contributed by atoms with E-state index in [1.165, 1.54) is 13.3 Å². The molecule has 0 spiro atoms. The number of ether oxygens (including phenoxy) is 2. The van der Waals surface area contributed by atoms with E-state index in [0.717, 1.165) is 16.7 Å². The first kappa shape index (κ1) is 22.7. The second-order valence-electron chi connectivity index (χ2n) is 8.60. The summed E-state index contributed by atoms with van der Waals surface area (Å²) in [5.41, 5.74) is 2.71. The van der Waals surface area contributed by atoms with Gasteiger partial charge in [-0.3, -0.25) is 0 Å². The molecule has 11 heteroatoms. The molecule has 3 heterocycles. The lowest BCUT2D eigenvalue weighted by Crippen LogP contribution is -2.33. The minimum absolute atomic E-state index is 0.0945. The number of anilines is 1. The van der Waals surface area contributed by atoms with Crippen molar-refractivity contribution in [3.05, 3.63) is 48.3 Å². The number of aromatic nitrogens is 3. The van der Waals surface area contributed by atoms with Gasteiger partial charge < -0.3 is 14.8 Å². The van der Waals surface area contributed by atoms with Crippen molar-refractivity contribution >= 4 is 21.6 Å². The molecule has 0 radical (unpaired) electrons.